The van der Waals surface area contributed by atoms with Crippen molar-refractivity contribution in [3.8, 4) is 0 Å². The number of aldehydes is 2. The zero-order valence-corrected chi connectivity index (χ0v) is 18.5. The molecule has 1 unspecified atom stereocenters. The fourth-order valence-electron chi connectivity index (χ4n) is 4.65. The molecule has 0 saturated heterocycles. The summed E-state index contributed by atoms with van der Waals surface area (Å²) < 4.78 is 0. The van der Waals surface area contributed by atoms with Gasteiger partial charge in [-0.15, -0.1) is 0 Å². The number of hydrogen-bond donors (Lipinski definition) is 2. The molecule has 4 heteroatoms. The van der Waals surface area contributed by atoms with Crippen LogP contribution in [-0.2, 0) is 9.59 Å². The molecule has 0 heterocycles. The summed E-state index contributed by atoms with van der Waals surface area (Å²) in [5, 5.41) is 6.96. The highest BCUT2D eigenvalue weighted by Gasteiger charge is 2.39. The van der Waals surface area contributed by atoms with Crippen molar-refractivity contribution in [3.05, 3.63) is 89.1 Å². The molecule has 1 saturated carbocycles. The number of benzene rings is 2. The third-order valence-corrected chi connectivity index (χ3v) is 6.60. The predicted molar refractivity (Wildman–Crippen MR) is 130 cm³/mol. The van der Waals surface area contributed by atoms with Gasteiger partial charge in [-0.3, -0.25) is 9.59 Å². The molecule has 3 atom stereocenters. The van der Waals surface area contributed by atoms with Crippen LogP contribution in [0.3, 0.4) is 0 Å². The topological polar surface area (TPSA) is 58.2 Å². The molecule has 0 radical (unpaired) electrons. The minimum atomic E-state index is 0.362. The van der Waals surface area contributed by atoms with Crippen LogP contribution in [-0.4, -0.2) is 24.7 Å². The molecule has 4 rings (SSSR count). The van der Waals surface area contributed by atoms with E-state index in [9.17, 15) is 9.59 Å². The minimum Gasteiger partial charge on any atom is -0.353 e. The SMILES string of the molecule is O=C/C(CCC1=CCCC(N[C@@H]2C[C@H]2c2ccccc2)CC1)=C(/C=O)Nc1ccccc1. The van der Waals surface area contributed by atoms with E-state index in [1.54, 1.807) is 0 Å². The maximum Gasteiger partial charge on any atom is 0.166 e. The van der Waals surface area contributed by atoms with E-state index in [0.29, 0.717) is 35.7 Å². The van der Waals surface area contributed by atoms with Gasteiger partial charge in [0.15, 0.2) is 6.29 Å². The highest BCUT2D eigenvalue weighted by Crippen LogP contribution is 2.41. The van der Waals surface area contributed by atoms with Gasteiger partial charge in [0, 0.05) is 29.3 Å². The van der Waals surface area contributed by atoms with Gasteiger partial charge in [0.2, 0.25) is 0 Å². The van der Waals surface area contributed by atoms with Crippen molar-refractivity contribution in [1.82, 2.24) is 5.32 Å². The summed E-state index contributed by atoms with van der Waals surface area (Å²) in [6.07, 6.45) is 11.0. The molecule has 0 bridgehead atoms. The number of para-hydroxylation sites is 1. The monoisotopic (exact) mass is 428 g/mol. The zero-order valence-electron chi connectivity index (χ0n) is 18.5. The Morgan fingerprint density at radius 2 is 1.69 bits per heavy atom. The van der Waals surface area contributed by atoms with Gasteiger partial charge in [0.05, 0.1) is 5.70 Å². The first-order chi connectivity index (χ1) is 15.8. The Morgan fingerprint density at radius 1 is 0.938 bits per heavy atom. The van der Waals surface area contributed by atoms with Gasteiger partial charge in [-0.1, -0.05) is 60.2 Å². The van der Waals surface area contributed by atoms with E-state index in [0.717, 1.165) is 50.4 Å². The lowest BCUT2D eigenvalue weighted by molar-refractivity contribution is -0.107. The van der Waals surface area contributed by atoms with Gasteiger partial charge in [0.25, 0.3) is 0 Å². The summed E-state index contributed by atoms with van der Waals surface area (Å²) in [5.41, 5.74) is 4.55. The Morgan fingerprint density at radius 3 is 2.41 bits per heavy atom. The third-order valence-electron chi connectivity index (χ3n) is 6.60. The first-order valence-corrected chi connectivity index (χ1v) is 11.7. The maximum absolute atomic E-state index is 11.7. The van der Waals surface area contributed by atoms with Crippen LogP contribution in [0, 0.1) is 0 Å². The van der Waals surface area contributed by atoms with Gasteiger partial charge in [-0.05, 0) is 62.6 Å². The summed E-state index contributed by atoms with van der Waals surface area (Å²) in [5.74, 6) is 0.658. The average Bonchev–Trinajstić information content (AvgIpc) is 3.64. The van der Waals surface area contributed by atoms with E-state index in [-0.39, 0.29) is 0 Å². The molecule has 2 aromatic rings. The Hall–Kier alpha value is -2.98. The minimum absolute atomic E-state index is 0.362. The number of carbonyl (C=O) groups is 2. The molecule has 0 spiro atoms. The van der Waals surface area contributed by atoms with E-state index in [4.69, 9.17) is 0 Å². The van der Waals surface area contributed by atoms with Crippen molar-refractivity contribution in [2.45, 2.75) is 62.9 Å². The van der Waals surface area contributed by atoms with Crippen LogP contribution in [0.4, 0.5) is 5.69 Å². The first kappa shape index (κ1) is 22.2. The summed E-state index contributed by atoms with van der Waals surface area (Å²) >= 11 is 0. The predicted octanol–water partition coefficient (Wildman–Crippen LogP) is 5.55. The molecule has 166 valence electrons. The molecule has 2 aliphatic carbocycles. The highest BCUT2D eigenvalue weighted by atomic mass is 16.1. The molecule has 0 aliphatic heterocycles. The van der Waals surface area contributed by atoms with E-state index >= 15 is 0 Å². The number of anilines is 1. The number of carbonyl (C=O) groups excluding carboxylic acids is 2. The number of nitrogens with one attached hydrogen (secondary N) is 2. The lowest BCUT2D eigenvalue weighted by Gasteiger charge is -2.17. The third kappa shape index (κ3) is 6.04. The highest BCUT2D eigenvalue weighted by molar-refractivity contribution is 5.89. The van der Waals surface area contributed by atoms with Crippen molar-refractivity contribution in [2.24, 2.45) is 0 Å². The standard InChI is InChI=1S/C28H32N2O2/c31-19-23(28(20-32)30-24-11-5-2-6-12-24)16-14-21-8-7-13-25(17-15-21)29-27-18-26(27)22-9-3-1-4-10-22/h1-6,8-12,19-20,25-27,29-30H,7,13-18H2/b28-23-/t25?,26-,27+/m0/s1. The van der Waals surface area contributed by atoms with Crippen LogP contribution in [0.2, 0.25) is 0 Å². The molecule has 32 heavy (non-hydrogen) atoms. The molecule has 0 amide bonds. The van der Waals surface area contributed by atoms with E-state index in [1.165, 1.54) is 17.6 Å². The van der Waals surface area contributed by atoms with Crippen LogP contribution < -0.4 is 10.6 Å². The zero-order chi connectivity index (χ0) is 22.2. The van der Waals surface area contributed by atoms with Crippen LogP contribution in [0.15, 0.2) is 83.6 Å². The fourth-order valence-corrected chi connectivity index (χ4v) is 4.65. The lowest BCUT2D eigenvalue weighted by Crippen LogP contribution is -2.31. The summed E-state index contributed by atoms with van der Waals surface area (Å²) in [7, 11) is 0. The fraction of sp³-hybridized carbons (Fsp3) is 0.357. The first-order valence-electron chi connectivity index (χ1n) is 11.7. The molecular formula is C28H32N2O2. The molecule has 2 N–H and O–H groups in total. The lowest BCUT2D eigenvalue weighted by atomic mass is 10.00. The smallest absolute Gasteiger partial charge is 0.166 e. The van der Waals surface area contributed by atoms with Crippen molar-refractivity contribution in [2.75, 3.05) is 5.32 Å². The van der Waals surface area contributed by atoms with Gasteiger partial charge in [-0.2, -0.15) is 0 Å². The van der Waals surface area contributed by atoms with Gasteiger partial charge in [-0.25, -0.2) is 0 Å². The van der Waals surface area contributed by atoms with Crippen LogP contribution >= 0.6 is 0 Å². The van der Waals surface area contributed by atoms with Crippen molar-refractivity contribution >= 4 is 18.3 Å². The quantitative estimate of drug-likeness (QED) is 0.296. The van der Waals surface area contributed by atoms with E-state index < -0.39 is 0 Å². The molecule has 0 aromatic heterocycles. The Balaban J connectivity index is 1.26. The van der Waals surface area contributed by atoms with Crippen molar-refractivity contribution in [1.29, 1.82) is 0 Å². The largest absolute Gasteiger partial charge is 0.353 e. The maximum atomic E-state index is 11.7. The second-order valence-corrected chi connectivity index (χ2v) is 8.87. The molecule has 2 aromatic carbocycles. The Bertz CT molecular complexity index is 965. The van der Waals surface area contributed by atoms with E-state index in [1.807, 2.05) is 30.3 Å². The summed E-state index contributed by atoms with van der Waals surface area (Å²) in [4.78, 5) is 23.3. The summed E-state index contributed by atoms with van der Waals surface area (Å²) in [6, 6.07) is 21.4. The number of allylic oxidation sites excluding steroid dienone is 4. The van der Waals surface area contributed by atoms with Gasteiger partial charge < -0.3 is 10.6 Å². The molecule has 1 fully saturated rings. The van der Waals surface area contributed by atoms with Crippen LogP contribution in [0.25, 0.3) is 0 Å². The Labute approximate surface area is 190 Å². The Kier molecular flexibility index (Phi) is 7.68. The summed E-state index contributed by atoms with van der Waals surface area (Å²) in [6.45, 7) is 0. The average molecular weight is 429 g/mol. The normalized spacial score (nSPS) is 23.4. The molecule has 2 aliphatic rings. The van der Waals surface area contributed by atoms with Crippen molar-refractivity contribution < 1.29 is 9.59 Å². The van der Waals surface area contributed by atoms with Crippen LogP contribution in [0.5, 0.6) is 0 Å². The molecule has 4 nitrogen and oxygen atoms in total. The second-order valence-electron chi connectivity index (χ2n) is 8.87. The van der Waals surface area contributed by atoms with Gasteiger partial charge >= 0.3 is 0 Å². The second kappa shape index (κ2) is 11.1. The van der Waals surface area contributed by atoms with Gasteiger partial charge in [0.1, 0.15) is 6.29 Å². The number of hydrogen-bond acceptors (Lipinski definition) is 4. The van der Waals surface area contributed by atoms with Crippen molar-refractivity contribution in [3.63, 3.8) is 0 Å². The molecular weight excluding hydrogens is 396 g/mol. The van der Waals surface area contributed by atoms with Crippen LogP contribution in [0.1, 0.15) is 56.4 Å². The number of rotatable bonds is 10. The van der Waals surface area contributed by atoms with E-state index in [2.05, 4.69) is 47.0 Å².